The van der Waals surface area contributed by atoms with Crippen LogP contribution >= 0.6 is 0 Å². The molecule has 0 aromatic rings. The van der Waals surface area contributed by atoms with Gasteiger partial charge in [-0.2, -0.15) is 0 Å². The molecule has 1 aliphatic carbocycles. The molecule has 1 heteroatoms. The van der Waals surface area contributed by atoms with Crippen LogP contribution in [0.25, 0.3) is 0 Å². The predicted octanol–water partition coefficient (Wildman–Crippen LogP) is 1.30. The van der Waals surface area contributed by atoms with Crippen LogP contribution in [0, 0.1) is 12.3 Å². The van der Waals surface area contributed by atoms with E-state index in [2.05, 4.69) is 18.4 Å². The number of hydrogen-bond donors (Lipinski definition) is 0. The summed E-state index contributed by atoms with van der Waals surface area (Å²) in [5.74, 6) is 0.931. The predicted molar refractivity (Wildman–Crippen MR) is 38.1 cm³/mol. The molecule has 0 aromatic carbocycles. The zero-order valence-corrected chi connectivity index (χ0v) is 6.01. The molecule has 1 nitrogen and oxygen atoms in total. The second kappa shape index (κ2) is 1.98. The zero-order valence-electron chi connectivity index (χ0n) is 6.01. The Morgan fingerprint density at radius 2 is 2.33 bits per heavy atom. The van der Waals surface area contributed by atoms with E-state index < -0.39 is 0 Å². The van der Waals surface area contributed by atoms with Gasteiger partial charge in [-0.15, -0.1) is 0 Å². The van der Waals surface area contributed by atoms with Gasteiger partial charge in [-0.25, -0.2) is 0 Å². The van der Waals surface area contributed by atoms with E-state index in [-0.39, 0.29) is 0 Å². The molecule has 9 heavy (non-hydrogen) atoms. The topological polar surface area (TPSA) is 3.24 Å². The van der Waals surface area contributed by atoms with E-state index in [1.54, 1.807) is 0 Å². The molecular weight excluding hydrogens is 110 g/mol. The van der Waals surface area contributed by atoms with Gasteiger partial charge in [-0.3, -0.25) is 0 Å². The van der Waals surface area contributed by atoms with Crippen LogP contribution in [0.3, 0.4) is 0 Å². The highest BCUT2D eigenvalue weighted by atomic mass is 15.1. The number of hydrogen-bond acceptors (Lipinski definition) is 1. The van der Waals surface area contributed by atoms with Crippen LogP contribution in [0.4, 0.5) is 0 Å². The fraction of sp³-hybridized carbons (Fsp3) is 0.875. The van der Waals surface area contributed by atoms with Crippen LogP contribution in [0.2, 0.25) is 0 Å². The Kier molecular flexibility index (Phi) is 1.26. The maximum atomic E-state index is 2.51. The summed E-state index contributed by atoms with van der Waals surface area (Å²) >= 11 is 0. The zero-order chi connectivity index (χ0) is 6.27. The van der Waals surface area contributed by atoms with Gasteiger partial charge in [0.2, 0.25) is 0 Å². The Bertz CT molecular complexity index is 103. The number of fused-ring (bicyclic) bond motifs is 3. The van der Waals surface area contributed by atoms with Gasteiger partial charge in [0, 0.05) is 12.6 Å². The lowest BCUT2D eigenvalue weighted by Gasteiger charge is -2.43. The maximum Gasteiger partial charge on any atom is 0.00952 e. The fourth-order valence-electron chi connectivity index (χ4n) is 2.08. The highest BCUT2D eigenvalue weighted by Gasteiger charge is 2.30. The summed E-state index contributed by atoms with van der Waals surface area (Å²) in [4.78, 5) is 2.51. The van der Waals surface area contributed by atoms with Gasteiger partial charge in [-0.05, 0) is 38.6 Å². The van der Waals surface area contributed by atoms with E-state index in [1.165, 1.54) is 25.8 Å². The van der Waals surface area contributed by atoms with Crippen molar-refractivity contribution in [3.63, 3.8) is 0 Å². The fourth-order valence-corrected chi connectivity index (χ4v) is 2.08. The first-order valence-electron chi connectivity index (χ1n) is 3.90. The molecule has 2 unspecified atom stereocenters. The second-order valence-electron chi connectivity index (χ2n) is 3.40. The number of piperidine rings is 2. The molecule has 1 saturated carbocycles. The van der Waals surface area contributed by atoms with Gasteiger partial charge >= 0.3 is 0 Å². The average molecular weight is 124 g/mol. The van der Waals surface area contributed by atoms with E-state index in [1.807, 2.05) is 0 Å². The Hall–Kier alpha value is -0.0400. The summed E-state index contributed by atoms with van der Waals surface area (Å²) in [6.07, 6.45) is 6.75. The Balaban J connectivity index is 2.06. The van der Waals surface area contributed by atoms with Gasteiger partial charge in [-0.1, -0.05) is 0 Å². The summed E-state index contributed by atoms with van der Waals surface area (Å²) in [6, 6.07) is 0.898. The van der Waals surface area contributed by atoms with Gasteiger partial charge in [0.25, 0.3) is 0 Å². The summed E-state index contributed by atoms with van der Waals surface area (Å²) in [7, 11) is 2.25. The molecule has 2 atom stereocenters. The van der Waals surface area contributed by atoms with Crippen molar-refractivity contribution in [1.29, 1.82) is 0 Å². The SMILES string of the molecule is CN1CC2[CH]CC1CC2. The molecular formula is C8H14N. The summed E-state index contributed by atoms with van der Waals surface area (Å²) in [5.41, 5.74) is 0. The molecule has 2 bridgehead atoms. The molecule has 0 spiro atoms. The lowest BCUT2D eigenvalue weighted by atomic mass is 9.80. The highest BCUT2D eigenvalue weighted by Crippen LogP contribution is 2.32. The van der Waals surface area contributed by atoms with E-state index in [4.69, 9.17) is 0 Å². The quantitative estimate of drug-likeness (QED) is 0.470. The van der Waals surface area contributed by atoms with E-state index in [9.17, 15) is 0 Å². The number of rotatable bonds is 0. The van der Waals surface area contributed by atoms with Crippen LogP contribution < -0.4 is 0 Å². The minimum Gasteiger partial charge on any atom is -0.303 e. The standard InChI is InChI=1S/C8H14N/c1-9-6-7-2-4-8(9)5-3-7/h2,7-8H,3-6H2,1H3. The van der Waals surface area contributed by atoms with Crippen LogP contribution in [-0.4, -0.2) is 24.5 Å². The molecule has 1 radical (unpaired) electrons. The highest BCUT2D eigenvalue weighted by molar-refractivity contribution is 4.96. The third-order valence-electron chi connectivity index (χ3n) is 2.76. The third-order valence-corrected chi connectivity index (χ3v) is 2.76. The van der Waals surface area contributed by atoms with Crippen LogP contribution in [-0.2, 0) is 0 Å². The van der Waals surface area contributed by atoms with Crippen molar-refractivity contribution in [3.8, 4) is 0 Å². The molecule has 2 heterocycles. The van der Waals surface area contributed by atoms with Crippen molar-refractivity contribution in [2.45, 2.75) is 25.3 Å². The van der Waals surface area contributed by atoms with Crippen molar-refractivity contribution in [1.82, 2.24) is 4.90 Å². The van der Waals surface area contributed by atoms with Gasteiger partial charge in [0.15, 0.2) is 0 Å². The summed E-state index contributed by atoms with van der Waals surface area (Å²) < 4.78 is 0. The maximum absolute atomic E-state index is 2.51. The Morgan fingerprint density at radius 1 is 1.44 bits per heavy atom. The van der Waals surface area contributed by atoms with Gasteiger partial charge in [0.05, 0.1) is 0 Å². The Labute approximate surface area is 57.0 Å². The molecule has 0 aromatic heterocycles. The van der Waals surface area contributed by atoms with Crippen molar-refractivity contribution in [2.75, 3.05) is 13.6 Å². The van der Waals surface area contributed by atoms with Gasteiger partial charge in [0.1, 0.15) is 0 Å². The molecule has 0 amide bonds. The van der Waals surface area contributed by atoms with Crippen molar-refractivity contribution in [2.24, 2.45) is 5.92 Å². The second-order valence-corrected chi connectivity index (χ2v) is 3.40. The van der Waals surface area contributed by atoms with Crippen molar-refractivity contribution >= 4 is 0 Å². The first kappa shape index (κ1) is 5.72. The third kappa shape index (κ3) is 0.877. The lowest BCUT2D eigenvalue weighted by molar-refractivity contribution is 0.109. The van der Waals surface area contributed by atoms with Crippen LogP contribution in [0.5, 0.6) is 0 Å². The summed E-state index contributed by atoms with van der Waals surface area (Å²) in [6.45, 7) is 1.32. The van der Waals surface area contributed by atoms with E-state index >= 15 is 0 Å². The van der Waals surface area contributed by atoms with Crippen molar-refractivity contribution < 1.29 is 0 Å². The molecule has 0 N–H and O–H groups in total. The monoisotopic (exact) mass is 124 g/mol. The molecule has 51 valence electrons. The average Bonchev–Trinajstić information content (AvgIpc) is 1.90. The minimum atomic E-state index is 0.898. The molecule has 3 aliphatic rings. The van der Waals surface area contributed by atoms with Crippen LogP contribution in [0.1, 0.15) is 19.3 Å². The normalized spacial score (nSPS) is 43.7. The number of nitrogens with zero attached hydrogens (tertiary/aromatic N) is 1. The Morgan fingerprint density at radius 3 is 2.56 bits per heavy atom. The molecule has 2 aliphatic heterocycles. The minimum absolute atomic E-state index is 0.898. The molecule has 3 fully saturated rings. The summed E-state index contributed by atoms with van der Waals surface area (Å²) in [5, 5.41) is 0. The molecule has 3 rings (SSSR count). The smallest absolute Gasteiger partial charge is 0.00952 e. The van der Waals surface area contributed by atoms with Gasteiger partial charge < -0.3 is 4.90 Å². The lowest BCUT2D eigenvalue weighted by Crippen LogP contribution is -2.45. The van der Waals surface area contributed by atoms with E-state index in [0.29, 0.717) is 0 Å². The first-order chi connectivity index (χ1) is 4.36. The van der Waals surface area contributed by atoms with Crippen LogP contribution in [0.15, 0.2) is 0 Å². The molecule has 2 saturated heterocycles. The van der Waals surface area contributed by atoms with E-state index in [0.717, 1.165) is 12.0 Å². The first-order valence-corrected chi connectivity index (χ1v) is 3.90. The largest absolute Gasteiger partial charge is 0.303 e. The van der Waals surface area contributed by atoms with Crippen molar-refractivity contribution in [3.05, 3.63) is 6.42 Å².